The molecule has 0 amide bonds. The molecule has 1 N–H and O–H groups in total. The van der Waals surface area contributed by atoms with E-state index in [-0.39, 0.29) is 19.8 Å². The zero-order valence-corrected chi connectivity index (χ0v) is 21.9. The molecule has 0 unspecified atom stereocenters. The van der Waals surface area contributed by atoms with Crippen molar-refractivity contribution < 1.29 is 22.6 Å². The highest BCUT2D eigenvalue weighted by atomic mass is 79.9. The van der Waals surface area contributed by atoms with Crippen molar-refractivity contribution in [2.45, 2.75) is 48.8 Å². The van der Waals surface area contributed by atoms with Gasteiger partial charge in [0.05, 0.1) is 17.7 Å². The zero-order chi connectivity index (χ0) is 23.6. The normalized spacial score (nSPS) is 13.1. The minimum absolute atomic E-state index is 0.0312. The second-order valence-corrected chi connectivity index (χ2v) is 16.7. The Labute approximate surface area is 202 Å². The van der Waals surface area contributed by atoms with E-state index in [9.17, 15) is 13.2 Å². The number of benzene rings is 1. The van der Waals surface area contributed by atoms with Gasteiger partial charge in [0.2, 0.25) is 5.90 Å². The van der Waals surface area contributed by atoms with Gasteiger partial charge in [0.15, 0.2) is 0 Å². The van der Waals surface area contributed by atoms with Crippen LogP contribution in [0.15, 0.2) is 16.7 Å². The maximum absolute atomic E-state index is 13.4. The summed E-state index contributed by atoms with van der Waals surface area (Å²) >= 11 is 20.0. The first-order valence-corrected chi connectivity index (χ1v) is 14.9. The number of aromatic nitrogens is 2. The van der Waals surface area contributed by atoms with Gasteiger partial charge in [0.25, 0.3) is 3.79 Å². The summed E-state index contributed by atoms with van der Waals surface area (Å²) in [6.07, 6.45) is -4.51. The highest BCUT2D eigenvalue weighted by molar-refractivity contribution is 9.10. The molecule has 0 saturated carbocycles. The number of rotatable bonds is 8. The van der Waals surface area contributed by atoms with E-state index in [4.69, 9.17) is 49.7 Å². The van der Waals surface area contributed by atoms with E-state index in [0.717, 1.165) is 18.2 Å². The van der Waals surface area contributed by atoms with Crippen molar-refractivity contribution in [1.29, 1.82) is 5.41 Å². The third kappa shape index (κ3) is 7.78. The molecule has 31 heavy (non-hydrogen) atoms. The fraction of sp³-hybridized carbons (Fsp3) is 0.556. The minimum atomic E-state index is -4.54. The number of ether oxygens (including phenoxy) is 2. The topological polar surface area (TPSA) is 60.1 Å². The van der Waals surface area contributed by atoms with Crippen molar-refractivity contribution >= 4 is 75.6 Å². The van der Waals surface area contributed by atoms with Crippen molar-refractivity contribution in [2.24, 2.45) is 0 Å². The number of halogens is 7. The van der Waals surface area contributed by atoms with Gasteiger partial charge >= 0.3 is 6.18 Å². The van der Waals surface area contributed by atoms with Gasteiger partial charge in [-0.05, 0) is 39.7 Å². The van der Waals surface area contributed by atoms with Crippen molar-refractivity contribution in [3.05, 3.63) is 27.9 Å². The lowest BCUT2D eigenvalue weighted by Gasteiger charge is -2.15. The summed E-state index contributed by atoms with van der Waals surface area (Å²) < 4.78 is 50.8. The molecular formula is C18H22BrCl3F3N3O2Si. The summed E-state index contributed by atoms with van der Waals surface area (Å²) in [6.45, 7) is 7.18. The molecule has 0 aliphatic rings. The van der Waals surface area contributed by atoms with Crippen molar-refractivity contribution in [1.82, 2.24) is 9.78 Å². The molecule has 0 fully saturated rings. The maximum atomic E-state index is 13.4. The molecule has 0 aliphatic heterocycles. The molecule has 0 aliphatic carbocycles. The smallest absolute Gasteiger partial charge is 0.416 e. The Bertz CT molecular complexity index is 943. The van der Waals surface area contributed by atoms with E-state index < -0.39 is 29.5 Å². The lowest BCUT2D eigenvalue weighted by Crippen LogP contribution is -2.22. The Balaban J connectivity index is 2.28. The standard InChI is InChI=1S/C18H22BrCl3F3N3O2Si/c1-31(2,3)7-6-29-10-28-15(19)13-9-12(18(23,24)25)8-11(14(13)27-28)4-5-30-16(26)17(20,21)22/h8-9,26H,4-7,10H2,1-3H3. The van der Waals surface area contributed by atoms with Crippen LogP contribution in [0, 0.1) is 5.41 Å². The summed E-state index contributed by atoms with van der Waals surface area (Å²) in [5.41, 5.74) is -0.146. The predicted octanol–water partition coefficient (Wildman–Crippen LogP) is 7.04. The van der Waals surface area contributed by atoms with Crippen molar-refractivity contribution in [3.8, 4) is 0 Å². The van der Waals surface area contributed by atoms with Gasteiger partial charge < -0.3 is 9.47 Å². The monoisotopic (exact) mass is 581 g/mol. The third-order valence-corrected chi connectivity index (χ3v) is 7.33. The lowest BCUT2D eigenvalue weighted by atomic mass is 10.0. The van der Waals surface area contributed by atoms with Crippen LogP contribution in [0.1, 0.15) is 11.1 Å². The highest BCUT2D eigenvalue weighted by Crippen LogP contribution is 2.36. The summed E-state index contributed by atoms with van der Waals surface area (Å²) in [4.78, 5) is 0. The summed E-state index contributed by atoms with van der Waals surface area (Å²) in [5, 5.41) is 12.3. The van der Waals surface area contributed by atoms with Gasteiger partial charge in [-0.25, -0.2) is 4.68 Å². The molecule has 2 aromatic rings. The van der Waals surface area contributed by atoms with Crippen molar-refractivity contribution in [2.75, 3.05) is 13.2 Å². The van der Waals surface area contributed by atoms with Crippen LogP contribution in [0.5, 0.6) is 0 Å². The van der Waals surface area contributed by atoms with Crippen LogP contribution >= 0.6 is 50.7 Å². The zero-order valence-electron chi connectivity index (χ0n) is 17.0. The van der Waals surface area contributed by atoms with Gasteiger partial charge in [-0.3, -0.25) is 5.41 Å². The van der Waals surface area contributed by atoms with Crippen LogP contribution in [0.2, 0.25) is 25.7 Å². The average molecular weight is 584 g/mol. The van der Waals surface area contributed by atoms with Gasteiger partial charge in [-0.2, -0.15) is 18.3 Å². The molecule has 0 saturated heterocycles. The molecule has 0 bridgehead atoms. The van der Waals surface area contributed by atoms with E-state index in [1.807, 2.05) is 0 Å². The first kappa shape index (κ1) is 26.7. The molecule has 0 spiro atoms. The minimum Gasteiger partial charge on any atom is -0.478 e. The Morgan fingerprint density at radius 3 is 2.39 bits per heavy atom. The van der Waals surface area contributed by atoms with Crippen LogP contribution in [-0.4, -0.2) is 40.8 Å². The summed E-state index contributed by atoms with van der Waals surface area (Å²) in [7, 11) is -1.27. The Kier molecular flexibility index (Phi) is 8.77. The number of nitrogens with zero attached hydrogens (tertiary/aromatic N) is 2. The number of nitrogens with one attached hydrogen (secondary N) is 1. The summed E-state index contributed by atoms with van der Waals surface area (Å²) in [5.74, 6) is -0.608. The third-order valence-electron chi connectivity index (χ3n) is 4.27. The van der Waals surface area contributed by atoms with Gasteiger partial charge in [-0.1, -0.05) is 54.4 Å². The average Bonchev–Trinajstić information content (AvgIpc) is 2.92. The van der Waals surface area contributed by atoms with E-state index >= 15 is 0 Å². The molecule has 174 valence electrons. The van der Waals surface area contributed by atoms with Gasteiger partial charge in [-0.15, -0.1) is 0 Å². The predicted molar refractivity (Wildman–Crippen MR) is 124 cm³/mol. The molecule has 1 aromatic carbocycles. The first-order chi connectivity index (χ1) is 14.1. The first-order valence-electron chi connectivity index (χ1n) is 9.22. The van der Waals surface area contributed by atoms with Crippen LogP contribution in [-0.2, 0) is 28.8 Å². The molecule has 0 radical (unpaired) electrons. The number of hydrogen-bond donors (Lipinski definition) is 1. The largest absolute Gasteiger partial charge is 0.478 e. The van der Waals surface area contributed by atoms with Crippen LogP contribution in [0.25, 0.3) is 10.9 Å². The maximum Gasteiger partial charge on any atom is 0.416 e. The second-order valence-electron chi connectivity index (χ2n) is 8.09. The van der Waals surface area contributed by atoms with Crippen LogP contribution < -0.4 is 0 Å². The fourth-order valence-corrected chi connectivity index (χ4v) is 3.99. The molecule has 1 aromatic heterocycles. The quantitative estimate of drug-likeness (QED) is 0.119. The Morgan fingerprint density at radius 1 is 1.19 bits per heavy atom. The lowest BCUT2D eigenvalue weighted by molar-refractivity contribution is -0.137. The molecular weight excluding hydrogens is 562 g/mol. The molecule has 1 heterocycles. The van der Waals surface area contributed by atoms with E-state index in [1.54, 1.807) is 0 Å². The molecule has 2 rings (SSSR count). The van der Waals surface area contributed by atoms with E-state index in [1.165, 1.54) is 4.68 Å². The number of fused-ring (bicyclic) bond motifs is 1. The number of hydrogen-bond acceptors (Lipinski definition) is 4. The Morgan fingerprint density at radius 2 is 1.84 bits per heavy atom. The SMILES string of the molecule is C[Si](C)(C)CCOCn1nc2c(CCOC(=N)C(Cl)(Cl)Cl)cc(C(F)(F)F)cc2c1Br. The van der Waals surface area contributed by atoms with Gasteiger partial charge in [0, 0.05) is 26.5 Å². The van der Waals surface area contributed by atoms with Crippen LogP contribution in [0.3, 0.4) is 0 Å². The molecule has 5 nitrogen and oxygen atoms in total. The van der Waals surface area contributed by atoms with E-state index in [2.05, 4.69) is 40.7 Å². The highest BCUT2D eigenvalue weighted by Gasteiger charge is 2.33. The molecule has 0 atom stereocenters. The Hall–Kier alpha value is -0.523. The second kappa shape index (κ2) is 10.2. The van der Waals surface area contributed by atoms with Gasteiger partial charge in [0.1, 0.15) is 11.3 Å². The van der Waals surface area contributed by atoms with Crippen molar-refractivity contribution in [3.63, 3.8) is 0 Å². The van der Waals surface area contributed by atoms with Crippen LogP contribution in [0.4, 0.5) is 13.2 Å². The summed E-state index contributed by atoms with van der Waals surface area (Å²) in [6, 6.07) is 3.01. The van der Waals surface area contributed by atoms with E-state index in [0.29, 0.717) is 27.7 Å². The fourth-order valence-electron chi connectivity index (χ4n) is 2.59. The molecule has 13 heteroatoms. The number of alkyl halides is 6.